The number of nitrogens with one attached hydrogen (secondary N) is 1. The van der Waals surface area contributed by atoms with Crippen molar-refractivity contribution in [2.45, 2.75) is 45.9 Å². The number of amides is 2. The Bertz CT molecular complexity index is 1420. The maximum atomic E-state index is 13.2. The van der Waals surface area contributed by atoms with Gasteiger partial charge in [0.05, 0.1) is 6.04 Å². The summed E-state index contributed by atoms with van der Waals surface area (Å²) in [6.07, 6.45) is 2.65. The molecule has 0 spiro atoms. The Hall–Kier alpha value is -4.39. The minimum Gasteiger partial charge on any atom is -0.484 e. The molecule has 7 heteroatoms. The van der Waals surface area contributed by atoms with Crippen LogP contribution in [0.5, 0.6) is 5.75 Å². The van der Waals surface area contributed by atoms with Crippen molar-refractivity contribution >= 4 is 11.8 Å². The lowest BCUT2D eigenvalue weighted by molar-refractivity contribution is -0.134. The van der Waals surface area contributed by atoms with Crippen molar-refractivity contribution in [2.75, 3.05) is 6.54 Å². The van der Waals surface area contributed by atoms with Crippen molar-refractivity contribution in [3.05, 3.63) is 119 Å². The van der Waals surface area contributed by atoms with Gasteiger partial charge in [0.2, 0.25) is 11.8 Å². The zero-order valence-corrected chi connectivity index (χ0v) is 22.3. The zero-order valence-electron chi connectivity index (χ0n) is 22.3. The number of carbonyl (C=O) groups excluding carboxylic acids is 2. The minimum atomic E-state index is -0.306. The van der Waals surface area contributed by atoms with Crippen LogP contribution in [0.4, 0.5) is 0 Å². The Morgan fingerprint density at radius 1 is 1.05 bits per heavy atom. The first-order chi connectivity index (χ1) is 19.0. The molecule has 1 aliphatic heterocycles. The number of oxazole rings is 1. The monoisotopic (exact) mass is 523 g/mol. The van der Waals surface area contributed by atoms with E-state index in [1.165, 1.54) is 11.8 Å². The first-order valence-electron chi connectivity index (χ1n) is 13.3. The highest BCUT2D eigenvalue weighted by Gasteiger charge is 2.32. The van der Waals surface area contributed by atoms with E-state index >= 15 is 0 Å². The van der Waals surface area contributed by atoms with E-state index in [2.05, 4.69) is 42.3 Å². The molecule has 1 N–H and O–H groups in total. The number of hydrogen-bond donors (Lipinski definition) is 1. The number of hydrogen-bond acceptors (Lipinski definition) is 5. The molecule has 0 bridgehead atoms. The quantitative estimate of drug-likeness (QED) is 0.304. The first-order valence-corrected chi connectivity index (χ1v) is 13.3. The third-order valence-corrected chi connectivity index (χ3v) is 6.81. The highest BCUT2D eigenvalue weighted by atomic mass is 16.5. The molecule has 2 amide bonds. The largest absolute Gasteiger partial charge is 0.484 e. The molecule has 3 aromatic carbocycles. The standard InChI is InChI=1S/C32H33N3O4/c1-22(2)17-30(36)35-16-15-24-13-14-26(18-27(24)31(35)25-11-7-4-8-12-25)38-21-29-34-28(20-39-29)32(37)33-19-23-9-5-3-6-10-23/h3-14,18,20,22,31H,15-17,19,21H2,1-2H3,(H,33,37). The van der Waals surface area contributed by atoms with E-state index in [9.17, 15) is 9.59 Å². The van der Waals surface area contributed by atoms with E-state index in [1.807, 2.05) is 65.6 Å². The van der Waals surface area contributed by atoms with Crippen LogP contribution in [-0.4, -0.2) is 28.2 Å². The molecule has 0 aliphatic carbocycles. The molecular formula is C32H33N3O4. The fourth-order valence-electron chi connectivity index (χ4n) is 4.91. The Morgan fingerprint density at radius 2 is 1.79 bits per heavy atom. The smallest absolute Gasteiger partial charge is 0.273 e. The summed E-state index contributed by atoms with van der Waals surface area (Å²) in [7, 11) is 0. The molecule has 7 nitrogen and oxygen atoms in total. The molecule has 1 atom stereocenters. The maximum absolute atomic E-state index is 13.2. The van der Waals surface area contributed by atoms with Gasteiger partial charge in [-0.05, 0) is 46.7 Å². The summed E-state index contributed by atoms with van der Waals surface area (Å²) in [4.78, 5) is 32.0. The van der Waals surface area contributed by atoms with Crippen LogP contribution in [0.15, 0.2) is 89.5 Å². The topological polar surface area (TPSA) is 84.7 Å². The van der Waals surface area contributed by atoms with E-state index < -0.39 is 0 Å². The predicted molar refractivity (Wildman–Crippen MR) is 148 cm³/mol. The Kier molecular flexibility index (Phi) is 8.06. The second-order valence-electron chi connectivity index (χ2n) is 10.2. The van der Waals surface area contributed by atoms with E-state index in [1.54, 1.807) is 0 Å². The Morgan fingerprint density at radius 3 is 2.54 bits per heavy atom. The van der Waals surface area contributed by atoms with Gasteiger partial charge in [-0.3, -0.25) is 9.59 Å². The summed E-state index contributed by atoms with van der Waals surface area (Å²) in [5.41, 5.74) is 4.56. The SMILES string of the molecule is CC(C)CC(=O)N1CCc2ccc(OCc3nc(C(=O)NCc4ccccc4)co3)cc2C1c1ccccc1. The average molecular weight is 524 g/mol. The van der Waals surface area contributed by atoms with Crippen LogP contribution in [0, 0.1) is 5.92 Å². The summed E-state index contributed by atoms with van der Waals surface area (Å²) < 4.78 is 11.5. The molecule has 1 aromatic heterocycles. The van der Waals surface area contributed by atoms with Crippen LogP contribution in [0.3, 0.4) is 0 Å². The normalized spacial score (nSPS) is 14.6. The highest BCUT2D eigenvalue weighted by Crippen LogP contribution is 2.37. The molecule has 2 heterocycles. The average Bonchev–Trinajstić information content (AvgIpc) is 3.44. The van der Waals surface area contributed by atoms with Gasteiger partial charge in [-0.1, -0.05) is 80.6 Å². The summed E-state index contributed by atoms with van der Waals surface area (Å²) in [6, 6.07) is 25.7. The van der Waals surface area contributed by atoms with Gasteiger partial charge in [0.15, 0.2) is 12.3 Å². The summed E-state index contributed by atoms with van der Waals surface area (Å²) in [6.45, 7) is 5.31. The van der Waals surface area contributed by atoms with Crippen LogP contribution in [-0.2, 0) is 24.4 Å². The Labute approximate surface area is 228 Å². The molecule has 39 heavy (non-hydrogen) atoms. The van der Waals surface area contributed by atoms with Crippen molar-refractivity contribution in [3.8, 4) is 5.75 Å². The van der Waals surface area contributed by atoms with E-state index in [4.69, 9.17) is 9.15 Å². The molecule has 1 unspecified atom stereocenters. The van der Waals surface area contributed by atoms with Gasteiger partial charge in [-0.25, -0.2) is 4.98 Å². The molecule has 0 fully saturated rings. The number of ether oxygens (including phenoxy) is 1. The molecule has 4 aromatic rings. The predicted octanol–water partition coefficient (Wildman–Crippen LogP) is 5.70. The Balaban J connectivity index is 1.29. The third-order valence-electron chi connectivity index (χ3n) is 6.81. The molecular weight excluding hydrogens is 490 g/mol. The van der Waals surface area contributed by atoms with Crippen LogP contribution < -0.4 is 10.1 Å². The highest BCUT2D eigenvalue weighted by molar-refractivity contribution is 5.91. The fraction of sp³-hybridized carbons (Fsp3) is 0.281. The minimum absolute atomic E-state index is 0.0801. The van der Waals surface area contributed by atoms with Crippen LogP contribution >= 0.6 is 0 Å². The van der Waals surface area contributed by atoms with E-state index in [0.717, 1.165) is 23.1 Å². The van der Waals surface area contributed by atoms with Gasteiger partial charge in [-0.15, -0.1) is 0 Å². The van der Waals surface area contributed by atoms with Gasteiger partial charge in [0, 0.05) is 19.5 Å². The van der Waals surface area contributed by atoms with Crippen molar-refractivity contribution in [1.82, 2.24) is 15.2 Å². The second-order valence-corrected chi connectivity index (χ2v) is 10.2. The summed E-state index contributed by atoms with van der Waals surface area (Å²) >= 11 is 0. The van der Waals surface area contributed by atoms with Crippen molar-refractivity contribution in [1.29, 1.82) is 0 Å². The van der Waals surface area contributed by atoms with Gasteiger partial charge in [-0.2, -0.15) is 0 Å². The van der Waals surface area contributed by atoms with Crippen molar-refractivity contribution in [3.63, 3.8) is 0 Å². The van der Waals surface area contributed by atoms with Crippen LogP contribution in [0.25, 0.3) is 0 Å². The molecule has 0 radical (unpaired) electrons. The number of fused-ring (bicyclic) bond motifs is 1. The molecule has 0 saturated carbocycles. The number of aromatic nitrogens is 1. The van der Waals surface area contributed by atoms with Gasteiger partial charge in [0.1, 0.15) is 12.0 Å². The molecule has 5 rings (SSSR count). The summed E-state index contributed by atoms with van der Waals surface area (Å²) in [5.74, 6) is 1.11. The lowest BCUT2D eigenvalue weighted by Gasteiger charge is -2.38. The number of rotatable bonds is 9. The lowest BCUT2D eigenvalue weighted by atomic mass is 9.87. The van der Waals surface area contributed by atoms with Crippen molar-refractivity contribution in [2.24, 2.45) is 5.92 Å². The maximum Gasteiger partial charge on any atom is 0.273 e. The van der Waals surface area contributed by atoms with E-state index in [-0.39, 0.29) is 36.1 Å². The van der Waals surface area contributed by atoms with Gasteiger partial charge in [0.25, 0.3) is 5.91 Å². The number of benzene rings is 3. The molecule has 1 aliphatic rings. The van der Waals surface area contributed by atoms with Crippen LogP contribution in [0.2, 0.25) is 0 Å². The first kappa shape index (κ1) is 26.2. The second kappa shape index (κ2) is 12.0. The van der Waals surface area contributed by atoms with Crippen molar-refractivity contribution < 1.29 is 18.7 Å². The summed E-state index contributed by atoms with van der Waals surface area (Å²) in [5, 5.41) is 2.85. The van der Waals surface area contributed by atoms with Gasteiger partial charge < -0.3 is 19.4 Å². The third kappa shape index (κ3) is 6.37. The zero-order chi connectivity index (χ0) is 27.2. The number of nitrogens with zero attached hydrogens (tertiary/aromatic N) is 2. The fourth-order valence-corrected chi connectivity index (χ4v) is 4.91. The molecule has 200 valence electrons. The van der Waals surface area contributed by atoms with E-state index in [0.29, 0.717) is 31.2 Å². The van der Waals surface area contributed by atoms with Crippen LogP contribution in [0.1, 0.15) is 64.9 Å². The van der Waals surface area contributed by atoms with Gasteiger partial charge >= 0.3 is 0 Å². The molecule has 0 saturated heterocycles. The number of carbonyl (C=O) groups is 2. The lowest BCUT2D eigenvalue weighted by Crippen LogP contribution is -2.41.